The highest BCUT2D eigenvalue weighted by Crippen LogP contribution is 2.18. The van der Waals surface area contributed by atoms with E-state index in [2.05, 4.69) is 27.5 Å². The smallest absolute Gasteiger partial charge is 0.127 e. The van der Waals surface area contributed by atoms with Crippen molar-refractivity contribution < 1.29 is 0 Å². The van der Waals surface area contributed by atoms with Crippen LogP contribution in [0, 0.1) is 0 Å². The number of benzene rings is 1. The largest absolute Gasteiger partial charge is 0.384 e. The summed E-state index contributed by atoms with van der Waals surface area (Å²) in [6.45, 7) is 3.12. The van der Waals surface area contributed by atoms with Crippen LogP contribution in [-0.4, -0.2) is 19.5 Å². The lowest BCUT2D eigenvalue weighted by molar-refractivity contribution is 0.662. The van der Waals surface area contributed by atoms with E-state index in [1.807, 2.05) is 18.2 Å². The molecule has 0 saturated carbocycles. The number of hydrogen-bond donors (Lipinski definition) is 1. The molecule has 0 bridgehead atoms. The van der Waals surface area contributed by atoms with E-state index < -0.39 is 0 Å². The van der Waals surface area contributed by atoms with Crippen LogP contribution in [-0.2, 0) is 13.0 Å². The number of anilines is 1. The van der Waals surface area contributed by atoms with Crippen LogP contribution >= 0.6 is 0 Å². The summed E-state index contributed by atoms with van der Waals surface area (Å²) in [6.07, 6.45) is 3.23. The number of nitrogens with two attached hydrogens (primary N) is 1. The Bertz CT molecular complexity index is 732. The Kier molecular flexibility index (Phi) is 3.33. The average Bonchev–Trinajstić information content (AvgIpc) is 2.77. The SMILES string of the molecule is CCCn1c(Cc2cc(N)ncn2)nc2ccccc21. The molecule has 102 valence electrons. The molecule has 2 N–H and O–H groups in total. The minimum atomic E-state index is 0.494. The van der Waals surface area contributed by atoms with Gasteiger partial charge in [-0.25, -0.2) is 15.0 Å². The lowest BCUT2D eigenvalue weighted by Gasteiger charge is -2.07. The predicted octanol–water partition coefficient (Wildman–Crippen LogP) is 2.41. The number of aromatic nitrogens is 4. The van der Waals surface area contributed by atoms with Crippen LogP contribution in [0.5, 0.6) is 0 Å². The summed E-state index contributed by atoms with van der Waals surface area (Å²) in [6, 6.07) is 10.0. The van der Waals surface area contributed by atoms with Crippen molar-refractivity contribution in [2.75, 3.05) is 5.73 Å². The van der Waals surface area contributed by atoms with Crippen LogP contribution in [0.25, 0.3) is 11.0 Å². The molecule has 3 aromatic rings. The molecule has 0 spiro atoms. The zero-order chi connectivity index (χ0) is 13.9. The molecule has 0 radical (unpaired) electrons. The van der Waals surface area contributed by atoms with E-state index in [1.54, 1.807) is 6.07 Å². The summed E-state index contributed by atoms with van der Waals surface area (Å²) in [4.78, 5) is 12.9. The predicted molar refractivity (Wildman–Crippen MR) is 79.3 cm³/mol. The van der Waals surface area contributed by atoms with Crippen LogP contribution in [0.4, 0.5) is 5.82 Å². The Morgan fingerprint density at radius 2 is 2.05 bits per heavy atom. The first-order valence-electron chi connectivity index (χ1n) is 6.78. The zero-order valence-electron chi connectivity index (χ0n) is 11.5. The van der Waals surface area contributed by atoms with Crippen LogP contribution in [0.2, 0.25) is 0 Å². The molecule has 0 saturated heterocycles. The topological polar surface area (TPSA) is 69.6 Å². The second-order valence-corrected chi connectivity index (χ2v) is 4.78. The number of hydrogen-bond acceptors (Lipinski definition) is 4. The first-order chi connectivity index (χ1) is 9.78. The van der Waals surface area contributed by atoms with Gasteiger partial charge < -0.3 is 10.3 Å². The van der Waals surface area contributed by atoms with Gasteiger partial charge in [-0.2, -0.15) is 0 Å². The molecule has 3 rings (SSSR count). The third-order valence-corrected chi connectivity index (χ3v) is 3.26. The van der Waals surface area contributed by atoms with Crippen LogP contribution < -0.4 is 5.73 Å². The highest BCUT2D eigenvalue weighted by atomic mass is 15.1. The van der Waals surface area contributed by atoms with Gasteiger partial charge in [0.15, 0.2) is 0 Å². The quantitative estimate of drug-likeness (QED) is 0.788. The molecule has 0 aliphatic carbocycles. The van der Waals surface area contributed by atoms with Gasteiger partial charge in [0.2, 0.25) is 0 Å². The van der Waals surface area contributed by atoms with E-state index in [0.717, 1.165) is 30.0 Å². The number of nitrogens with zero attached hydrogens (tertiary/aromatic N) is 4. The van der Waals surface area contributed by atoms with Crippen molar-refractivity contribution in [3.05, 3.63) is 48.2 Å². The first kappa shape index (κ1) is 12.6. The normalized spacial score (nSPS) is 11.1. The molecule has 20 heavy (non-hydrogen) atoms. The van der Waals surface area contributed by atoms with Gasteiger partial charge in [-0.05, 0) is 18.6 Å². The van der Waals surface area contributed by atoms with Gasteiger partial charge in [-0.3, -0.25) is 0 Å². The summed E-state index contributed by atoms with van der Waals surface area (Å²) in [5, 5.41) is 0. The van der Waals surface area contributed by atoms with Gasteiger partial charge in [0.25, 0.3) is 0 Å². The Morgan fingerprint density at radius 1 is 1.20 bits per heavy atom. The second kappa shape index (κ2) is 5.28. The lowest BCUT2D eigenvalue weighted by atomic mass is 10.2. The zero-order valence-corrected chi connectivity index (χ0v) is 11.5. The van der Waals surface area contributed by atoms with E-state index in [9.17, 15) is 0 Å². The van der Waals surface area contributed by atoms with Crippen molar-refractivity contribution in [1.29, 1.82) is 0 Å². The highest BCUT2D eigenvalue weighted by molar-refractivity contribution is 5.76. The molecule has 2 aromatic heterocycles. The fourth-order valence-corrected chi connectivity index (χ4v) is 2.41. The van der Waals surface area contributed by atoms with Crippen molar-refractivity contribution in [3.8, 4) is 0 Å². The van der Waals surface area contributed by atoms with Crippen LogP contribution in [0.3, 0.4) is 0 Å². The molecule has 0 amide bonds. The van der Waals surface area contributed by atoms with Crippen molar-refractivity contribution in [2.45, 2.75) is 26.3 Å². The van der Waals surface area contributed by atoms with E-state index in [0.29, 0.717) is 12.2 Å². The van der Waals surface area contributed by atoms with E-state index >= 15 is 0 Å². The van der Waals surface area contributed by atoms with Crippen molar-refractivity contribution in [3.63, 3.8) is 0 Å². The summed E-state index contributed by atoms with van der Waals surface area (Å²) in [5.74, 6) is 1.51. The van der Waals surface area contributed by atoms with Gasteiger partial charge in [0.05, 0.1) is 16.7 Å². The Hall–Kier alpha value is -2.43. The van der Waals surface area contributed by atoms with Crippen molar-refractivity contribution >= 4 is 16.9 Å². The van der Waals surface area contributed by atoms with Gasteiger partial charge in [-0.15, -0.1) is 0 Å². The third-order valence-electron chi connectivity index (χ3n) is 3.26. The Balaban J connectivity index is 2.04. The molecule has 0 fully saturated rings. The number of aryl methyl sites for hydroxylation is 1. The number of imidazole rings is 1. The van der Waals surface area contributed by atoms with Crippen molar-refractivity contribution in [2.24, 2.45) is 0 Å². The minimum absolute atomic E-state index is 0.494. The second-order valence-electron chi connectivity index (χ2n) is 4.78. The van der Waals surface area contributed by atoms with E-state index in [1.165, 1.54) is 11.8 Å². The highest BCUT2D eigenvalue weighted by Gasteiger charge is 2.11. The number of nitrogen functional groups attached to an aromatic ring is 1. The molecular formula is C15H17N5. The van der Waals surface area contributed by atoms with E-state index in [-0.39, 0.29) is 0 Å². The Labute approximate surface area is 117 Å². The van der Waals surface area contributed by atoms with Crippen LogP contribution in [0.15, 0.2) is 36.7 Å². The van der Waals surface area contributed by atoms with Gasteiger partial charge in [0.1, 0.15) is 18.0 Å². The number of fused-ring (bicyclic) bond motifs is 1. The maximum absolute atomic E-state index is 5.71. The fourth-order valence-electron chi connectivity index (χ4n) is 2.41. The monoisotopic (exact) mass is 267 g/mol. The lowest BCUT2D eigenvalue weighted by Crippen LogP contribution is -2.06. The molecule has 0 aliphatic rings. The minimum Gasteiger partial charge on any atom is -0.384 e. The molecule has 2 heterocycles. The van der Waals surface area contributed by atoms with Crippen molar-refractivity contribution in [1.82, 2.24) is 19.5 Å². The number of rotatable bonds is 4. The van der Waals surface area contributed by atoms with Crippen LogP contribution in [0.1, 0.15) is 24.9 Å². The molecule has 0 atom stereocenters. The maximum atomic E-state index is 5.71. The van der Waals surface area contributed by atoms with Gasteiger partial charge in [-0.1, -0.05) is 19.1 Å². The molecule has 0 unspecified atom stereocenters. The average molecular weight is 267 g/mol. The third kappa shape index (κ3) is 2.34. The Morgan fingerprint density at radius 3 is 2.85 bits per heavy atom. The summed E-state index contributed by atoms with van der Waals surface area (Å²) >= 11 is 0. The number of para-hydroxylation sites is 2. The molecule has 5 heteroatoms. The van der Waals surface area contributed by atoms with Gasteiger partial charge >= 0.3 is 0 Å². The summed E-state index contributed by atoms with van der Waals surface area (Å²) in [7, 11) is 0. The standard InChI is InChI=1S/C15H17N5/c1-2-7-20-13-6-4-3-5-12(13)19-15(20)9-11-8-14(16)18-10-17-11/h3-6,8,10H,2,7,9H2,1H3,(H2,16,17,18). The summed E-state index contributed by atoms with van der Waals surface area (Å²) in [5.41, 5.74) is 8.80. The van der Waals surface area contributed by atoms with Gasteiger partial charge in [0, 0.05) is 19.0 Å². The summed E-state index contributed by atoms with van der Waals surface area (Å²) < 4.78 is 2.26. The molecule has 5 nitrogen and oxygen atoms in total. The molecule has 0 aliphatic heterocycles. The fraction of sp³-hybridized carbons (Fsp3) is 0.267. The first-order valence-corrected chi connectivity index (χ1v) is 6.78. The molecule has 1 aromatic carbocycles. The van der Waals surface area contributed by atoms with E-state index in [4.69, 9.17) is 10.7 Å². The molecular weight excluding hydrogens is 250 g/mol. The maximum Gasteiger partial charge on any atom is 0.127 e.